The molecule has 9 heteroatoms. The zero-order valence-corrected chi connectivity index (χ0v) is 15.8. The lowest BCUT2D eigenvalue weighted by molar-refractivity contribution is -0.117. The van der Waals surface area contributed by atoms with Crippen LogP contribution < -0.4 is 15.6 Å². The summed E-state index contributed by atoms with van der Waals surface area (Å²) >= 11 is 7.36. The van der Waals surface area contributed by atoms with E-state index in [1.165, 1.54) is 28.9 Å². The SMILES string of the molecule is COc1ccc(Cl)cc1NC(=O)CN(C)Cc1cc(=O)n2ccsc2n1. The smallest absolute Gasteiger partial charge is 0.258 e. The van der Waals surface area contributed by atoms with Crippen molar-refractivity contribution in [2.24, 2.45) is 0 Å². The van der Waals surface area contributed by atoms with Crippen LogP contribution in [0.1, 0.15) is 5.69 Å². The molecule has 3 rings (SSSR count). The number of amides is 1. The first kappa shape index (κ1) is 18.4. The van der Waals surface area contributed by atoms with Gasteiger partial charge in [0.25, 0.3) is 5.56 Å². The van der Waals surface area contributed by atoms with Crippen LogP contribution in [0, 0.1) is 0 Å². The Balaban J connectivity index is 1.65. The molecule has 0 spiro atoms. The Hall–Kier alpha value is -2.42. The zero-order valence-electron chi connectivity index (χ0n) is 14.2. The number of hydrogen-bond donors (Lipinski definition) is 1. The van der Waals surface area contributed by atoms with Crippen LogP contribution in [0.3, 0.4) is 0 Å². The van der Waals surface area contributed by atoms with Crippen LogP contribution in [0.2, 0.25) is 5.02 Å². The molecule has 0 aliphatic heterocycles. The number of nitrogens with one attached hydrogen (secondary N) is 1. The number of methoxy groups -OCH3 is 1. The molecule has 0 aliphatic carbocycles. The van der Waals surface area contributed by atoms with E-state index >= 15 is 0 Å². The predicted molar refractivity (Wildman–Crippen MR) is 102 cm³/mol. The van der Waals surface area contributed by atoms with E-state index in [2.05, 4.69) is 10.3 Å². The minimum Gasteiger partial charge on any atom is -0.495 e. The van der Waals surface area contributed by atoms with Crippen LogP contribution in [0.5, 0.6) is 5.75 Å². The third kappa shape index (κ3) is 4.21. The van der Waals surface area contributed by atoms with Gasteiger partial charge < -0.3 is 10.1 Å². The summed E-state index contributed by atoms with van der Waals surface area (Å²) in [4.78, 5) is 31.2. The Morgan fingerprint density at radius 2 is 2.23 bits per heavy atom. The van der Waals surface area contributed by atoms with Gasteiger partial charge in [-0.1, -0.05) is 11.6 Å². The lowest BCUT2D eigenvalue weighted by atomic mass is 10.3. The van der Waals surface area contributed by atoms with Crippen molar-refractivity contribution in [1.29, 1.82) is 0 Å². The van der Waals surface area contributed by atoms with Crippen LogP contribution in [-0.2, 0) is 11.3 Å². The highest BCUT2D eigenvalue weighted by Crippen LogP contribution is 2.27. The summed E-state index contributed by atoms with van der Waals surface area (Å²) in [6.45, 7) is 0.505. The van der Waals surface area contributed by atoms with Crippen molar-refractivity contribution in [3.05, 3.63) is 56.9 Å². The van der Waals surface area contributed by atoms with Crippen molar-refractivity contribution in [1.82, 2.24) is 14.3 Å². The average Bonchev–Trinajstić information content (AvgIpc) is 3.03. The van der Waals surface area contributed by atoms with Gasteiger partial charge in [-0.25, -0.2) is 4.98 Å². The number of thiazole rings is 1. The molecule has 0 saturated heterocycles. The third-order valence-electron chi connectivity index (χ3n) is 3.64. The van der Waals surface area contributed by atoms with Gasteiger partial charge in [0.15, 0.2) is 4.96 Å². The van der Waals surface area contributed by atoms with E-state index in [0.29, 0.717) is 33.7 Å². The summed E-state index contributed by atoms with van der Waals surface area (Å²) in [6, 6.07) is 6.49. The second kappa shape index (κ2) is 7.86. The first-order chi connectivity index (χ1) is 12.5. The molecular weight excluding hydrogens is 376 g/mol. The van der Waals surface area contributed by atoms with E-state index < -0.39 is 0 Å². The molecule has 0 radical (unpaired) electrons. The zero-order chi connectivity index (χ0) is 18.7. The normalized spacial score (nSPS) is 11.1. The standard InChI is InChI=1S/C17H17ClN4O3S/c1-21(9-12-8-16(24)22-5-6-26-17(22)19-12)10-15(23)20-13-7-11(18)3-4-14(13)25-2/h3-8H,9-10H2,1-2H3,(H,20,23). The molecule has 7 nitrogen and oxygen atoms in total. The molecule has 0 atom stereocenters. The summed E-state index contributed by atoms with van der Waals surface area (Å²) < 4.78 is 6.71. The molecule has 0 aliphatic rings. The first-order valence-corrected chi connectivity index (χ1v) is 9.00. The molecule has 26 heavy (non-hydrogen) atoms. The summed E-state index contributed by atoms with van der Waals surface area (Å²) in [5, 5.41) is 5.09. The Morgan fingerprint density at radius 1 is 1.42 bits per heavy atom. The van der Waals surface area contributed by atoms with Crippen LogP contribution in [0.25, 0.3) is 4.96 Å². The number of rotatable bonds is 6. The predicted octanol–water partition coefficient (Wildman–Crippen LogP) is 2.49. The van der Waals surface area contributed by atoms with Gasteiger partial charge in [0, 0.05) is 29.2 Å². The number of ether oxygens (including phenoxy) is 1. The molecule has 0 saturated carbocycles. The largest absolute Gasteiger partial charge is 0.495 e. The Kier molecular flexibility index (Phi) is 5.55. The van der Waals surface area contributed by atoms with Gasteiger partial charge in [0.1, 0.15) is 5.75 Å². The quantitative estimate of drug-likeness (QED) is 0.697. The maximum atomic E-state index is 12.3. The third-order valence-corrected chi connectivity index (χ3v) is 4.63. The van der Waals surface area contributed by atoms with Gasteiger partial charge in [0.2, 0.25) is 5.91 Å². The minimum atomic E-state index is -0.220. The van der Waals surface area contributed by atoms with E-state index in [9.17, 15) is 9.59 Å². The number of nitrogens with zero attached hydrogens (tertiary/aromatic N) is 3. The number of anilines is 1. The minimum absolute atomic E-state index is 0.126. The van der Waals surface area contributed by atoms with Crippen molar-refractivity contribution in [2.75, 3.05) is 26.0 Å². The fourth-order valence-corrected chi connectivity index (χ4v) is 3.42. The monoisotopic (exact) mass is 392 g/mol. The molecular formula is C17H17ClN4O3S. The fourth-order valence-electron chi connectivity index (χ4n) is 2.51. The maximum absolute atomic E-state index is 12.3. The lowest BCUT2D eigenvalue weighted by Gasteiger charge is -2.16. The van der Waals surface area contributed by atoms with Gasteiger partial charge in [-0.2, -0.15) is 0 Å². The molecule has 136 valence electrons. The van der Waals surface area contributed by atoms with Crippen molar-refractivity contribution in [2.45, 2.75) is 6.54 Å². The number of hydrogen-bond acceptors (Lipinski definition) is 6. The number of carbonyl (C=O) groups excluding carboxylic acids is 1. The van der Waals surface area contributed by atoms with Crippen LogP contribution in [0.15, 0.2) is 40.6 Å². The van der Waals surface area contributed by atoms with Crippen LogP contribution in [-0.4, -0.2) is 40.9 Å². The van der Waals surface area contributed by atoms with Crippen LogP contribution in [0.4, 0.5) is 5.69 Å². The summed E-state index contributed by atoms with van der Waals surface area (Å²) in [6.07, 6.45) is 1.69. The van der Waals surface area contributed by atoms with E-state index in [0.717, 1.165) is 0 Å². The number of likely N-dealkylation sites (N-methyl/N-ethyl adjacent to an activating group) is 1. The Morgan fingerprint density at radius 3 is 3.00 bits per heavy atom. The summed E-state index contributed by atoms with van der Waals surface area (Å²) in [5.74, 6) is 0.310. The summed E-state index contributed by atoms with van der Waals surface area (Å²) in [5.41, 5.74) is 0.996. The maximum Gasteiger partial charge on any atom is 0.258 e. The highest BCUT2D eigenvalue weighted by molar-refractivity contribution is 7.15. The highest BCUT2D eigenvalue weighted by Gasteiger charge is 2.12. The Labute approximate surface area is 158 Å². The number of fused-ring (bicyclic) bond motifs is 1. The van der Waals surface area contributed by atoms with Gasteiger partial charge in [-0.15, -0.1) is 11.3 Å². The molecule has 0 bridgehead atoms. The number of carbonyl (C=O) groups is 1. The topological polar surface area (TPSA) is 75.9 Å². The van der Waals surface area contributed by atoms with Gasteiger partial charge in [-0.05, 0) is 25.2 Å². The second-order valence-electron chi connectivity index (χ2n) is 5.71. The molecule has 1 amide bonds. The first-order valence-electron chi connectivity index (χ1n) is 7.74. The highest BCUT2D eigenvalue weighted by atomic mass is 35.5. The van der Waals surface area contributed by atoms with Crippen molar-refractivity contribution in [3.8, 4) is 5.75 Å². The van der Waals surface area contributed by atoms with E-state index in [1.807, 2.05) is 5.38 Å². The van der Waals surface area contributed by atoms with Gasteiger partial charge >= 0.3 is 0 Å². The van der Waals surface area contributed by atoms with Gasteiger partial charge in [-0.3, -0.25) is 18.9 Å². The molecule has 3 aromatic rings. The Bertz CT molecular complexity index is 1000. The van der Waals surface area contributed by atoms with Crippen molar-refractivity contribution in [3.63, 3.8) is 0 Å². The molecule has 0 unspecified atom stereocenters. The van der Waals surface area contributed by atoms with Gasteiger partial charge in [0.05, 0.1) is 25.0 Å². The average molecular weight is 393 g/mol. The van der Waals surface area contributed by atoms with Crippen molar-refractivity contribution < 1.29 is 9.53 Å². The number of halogens is 1. The molecule has 2 aromatic heterocycles. The summed E-state index contributed by atoms with van der Waals surface area (Å²) in [7, 11) is 3.31. The van der Waals surface area contributed by atoms with Crippen LogP contribution >= 0.6 is 22.9 Å². The number of benzene rings is 1. The fraction of sp³-hybridized carbons (Fsp3) is 0.235. The molecule has 1 aromatic carbocycles. The van der Waals surface area contributed by atoms with E-state index in [1.54, 1.807) is 36.3 Å². The van der Waals surface area contributed by atoms with E-state index in [4.69, 9.17) is 16.3 Å². The molecule has 0 fully saturated rings. The lowest BCUT2D eigenvalue weighted by Crippen LogP contribution is -2.30. The second-order valence-corrected chi connectivity index (χ2v) is 7.02. The van der Waals surface area contributed by atoms with Crippen molar-refractivity contribution >= 4 is 39.5 Å². The molecule has 1 N–H and O–H groups in total. The van der Waals surface area contributed by atoms with E-state index in [-0.39, 0.29) is 18.0 Å². The number of aromatic nitrogens is 2. The molecule has 2 heterocycles.